The summed E-state index contributed by atoms with van der Waals surface area (Å²) in [6.45, 7) is 3.58. The molecule has 2 aromatic rings. The number of hydrogen-bond donors (Lipinski definition) is 2. The lowest BCUT2D eigenvalue weighted by Crippen LogP contribution is -2.28. The third-order valence-electron chi connectivity index (χ3n) is 2.99. The predicted molar refractivity (Wildman–Crippen MR) is 88.2 cm³/mol. The molecule has 0 heterocycles. The molecule has 2 aromatic carbocycles. The van der Waals surface area contributed by atoms with Crippen molar-refractivity contribution in [3.8, 4) is 0 Å². The molecule has 5 nitrogen and oxygen atoms in total. The van der Waals surface area contributed by atoms with Gasteiger partial charge in [0.05, 0.1) is 11.4 Å². The summed E-state index contributed by atoms with van der Waals surface area (Å²) in [6.07, 6.45) is 0. The molecule has 1 amide bonds. The minimum Gasteiger partial charge on any atom is -0.410 e. The van der Waals surface area contributed by atoms with E-state index in [4.69, 9.17) is 5.21 Å². The Morgan fingerprint density at radius 2 is 1.82 bits per heavy atom. The van der Waals surface area contributed by atoms with Crippen LogP contribution in [0.3, 0.4) is 0 Å². The number of rotatable bonds is 4. The highest BCUT2D eigenvalue weighted by molar-refractivity contribution is 6.68. The van der Waals surface area contributed by atoms with E-state index in [0.29, 0.717) is 17.1 Å². The predicted octanol–water partition coefficient (Wildman–Crippen LogP) is 3.56. The number of oxime groups is 1. The molecule has 5 heteroatoms. The summed E-state index contributed by atoms with van der Waals surface area (Å²) in [6, 6.07) is 16.5. The van der Waals surface area contributed by atoms with Gasteiger partial charge < -0.3 is 10.5 Å². The van der Waals surface area contributed by atoms with Crippen LogP contribution >= 0.6 is 0 Å². The number of para-hydroxylation sites is 1. The van der Waals surface area contributed by atoms with Gasteiger partial charge >= 0.3 is 0 Å². The summed E-state index contributed by atoms with van der Waals surface area (Å²) in [5.41, 5.74) is 2.60. The number of anilines is 1. The Morgan fingerprint density at radius 3 is 2.45 bits per heavy atom. The molecule has 0 aromatic heterocycles. The summed E-state index contributed by atoms with van der Waals surface area (Å²) < 4.78 is 0. The van der Waals surface area contributed by atoms with E-state index in [9.17, 15) is 4.79 Å². The number of amides is 1. The summed E-state index contributed by atoms with van der Waals surface area (Å²) in [5, 5.41) is 14.9. The van der Waals surface area contributed by atoms with Gasteiger partial charge in [0.15, 0.2) is 5.71 Å². The molecule has 0 atom stereocenters. The lowest BCUT2D eigenvalue weighted by atomic mass is 10.2. The number of nitrogens with zero attached hydrogens (tertiary/aromatic N) is 2. The highest BCUT2D eigenvalue weighted by Gasteiger charge is 2.16. The first-order valence-electron chi connectivity index (χ1n) is 6.81. The van der Waals surface area contributed by atoms with Crippen molar-refractivity contribution in [1.29, 1.82) is 0 Å². The van der Waals surface area contributed by atoms with Crippen molar-refractivity contribution in [1.82, 2.24) is 0 Å². The van der Waals surface area contributed by atoms with E-state index in [1.165, 1.54) is 0 Å². The van der Waals surface area contributed by atoms with Crippen LogP contribution in [-0.4, -0.2) is 22.5 Å². The fraction of sp³-hybridized carbons (Fsp3) is 0.118. The summed E-state index contributed by atoms with van der Waals surface area (Å²) in [5.74, 6) is -0.511. The van der Waals surface area contributed by atoms with Gasteiger partial charge in [-0.1, -0.05) is 35.5 Å². The Balaban J connectivity index is 2.19. The molecule has 2 N–H and O–H groups in total. The monoisotopic (exact) mass is 295 g/mol. The zero-order chi connectivity index (χ0) is 15.9. The zero-order valence-electron chi connectivity index (χ0n) is 12.4. The second-order valence-electron chi connectivity index (χ2n) is 4.80. The van der Waals surface area contributed by atoms with E-state index < -0.39 is 5.91 Å². The molecule has 0 aliphatic carbocycles. The molecule has 0 aliphatic rings. The van der Waals surface area contributed by atoms with E-state index >= 15 is 0 Å². The number of carbonyl (C=O) groups excluding carboxylic acids is 1. The van der Waals surface area contributed by atoms with Crippen LogP contribution in [0.5, 0.6) is 0 Å². The molecule has 2 rings (SSSR count). The Labute approximate surface area is 129 Å². The smallest absolute Gasteiger partial charge is 0.279 e. The van der Waals surface area contributed by atoms with Crippen molar-refractivity contribution >= 4 is 28.7 Å². The Bertz CT molecular complexity index is 722. The molecular weight excluding hydrogens is 278 g/mol. The van der Waals surface area contributed by atoms with Crippen LogP contribution in [0.4, 0.5) is 11.4 Å². The highest BCUT2D eigenvalue weighted by Crippen LogP contribution is 2.14. The molecule has 112 valence electrons. The van der Waals surface area contributed by atoms with Crippen LogP contribution < -0.4 is 5.32 Å². The van der Waals surface area contributed by atoms with Gasteiger partial charge in [0.2, 0.25) is 0 Å². The average molecular weight is 295 g/mol. The number of aliphatic imine (C=N–C) groups is 1. The van der Waals surface area contributed by atoms with Gasteiger partial charge in [-0.15, -0.1) is 0 Å². The van der Waals surface area contributed by atoms with E-state index in [1.54, 1.807) is 31.2 Å². The quantitative estimate of drug-likeness (QED) is 0.514. The third kappa shape index (κ3) is 4.02. The lowest BCUT2D eigenvalue weighted by molar-refractivity contribution is -0.110. The van der Waals surface area contributed by atoms with Gasteiger partial charge in [-0.25, -0.2) is 0 Å². The van der Waals surface area contributed by atoms with Gasteiger partial charge in [0.25, 0.3) is 5.91 Å². The molecule has 0 radical (unpaired) electrons. The van der Waals surface area contributed by atoms with Crippen LogP contribution in [0, 0.1) is 6.92 Å². The van der Waals surface area contributed by atoms with Crippen molar-refractivity contribution in [3.05, 3.63) is 60.2 Å². The lowest BCUT2D eigenvalue weighted by Gasteiger charge is -2.06. The number of hydrogen-bond acceptors (Lipinski definition) is 4. The van der Waals surface area contributed by atoms with Crippen LogP contribution in [-0.2, 0) is 4.79 Å². The fourth-order valence-electron chi connectivity index (χ4n) is 1.94. The van der Waals surface area contributed by atoms with Crippen LogP contribution in [0.25, 0.3) is 0 Å². The van der Waals surface area contributed by atoms with Gasteiger partial charge in [0, 0.05) is 5.69 Å². The first-order valence-corrected chi connectivity index (χ1v) is 6.81. The molecule has 0 saturated heterocycles. The SMILES string of the molecule is CC(=Nc1cccc(C)c1)/C(=N\O)C(=O)Nc1ccccc1. The second-order valence-corrected chi connectivity index (χ2v) is 4.80. The van der Waals surface area contributed by atoms with Gasteiger partial charge in [-0.05, 0) is 43.7 Å². The number of carbonyl (C=O) groups is 1. The molecule has 0 bridgehead atoms. The number of aryl methyl sites for hydroxylation is 1. The van der Waals surface area contributed by atoms with E-state index in [2.05, 4.69) is 15.5 Å². The van der Waals surface area contributed by atoms with E-state index in [-0.39, 0.29) is 5.71 Å². The topological polar surface area (TPSA) is 74.0 Å². The first-order chi connectivity index (χ1) is 10.6. The standard InChI is InChI=1S/C17H17N3O2/c1-12-7-6-10-15(11-12)18-13(2)16(20-22)17(21)19-14-8-4-3-5-9-14/h3-11,22H,1-2H3,(H,19,21)/b18-13?,20-16+. The molecule has 0 saturated carbocycles. The number of nitrogens with one attached hydrogen (secondary N) is 1. The minimum atomic E-state index is -0.511. The molecule has 0 aliphatic heterocycles. The molecular formula is C17H17N3O2. The van der Waals surface area contributed by atoms with E-state index in [1.807, 2.05) is 37.3 Å². The Kier molecular flexibility index (Phi) is 5.03. The summed E-state index contributed by atoms with van der Waals surface area (Å²) in [4.78, 5) is 16.5. The zero-order valence-corrected chi connectivity index (χ0v) is 12.4. The Morgan fingerprint density at radius 1 is 1.09 bits per heavy atom. The summed E-state index contributed by atoms with van der Waals surface area (Å²) in [7, 11) is 0. The fourth-order valence-corrected chi connectivity index (χ4v) is 1.94. The van der Waals surface area contributed by atoms with Crippen molar-refractivity contribution in [3.63, 3.8) is 0 Å². The molecule has 22 heavy (non-hydrogen) atoms. The van der Waals surface area contributed by atoms with Gasteiger partial charge in [-0.3, -0.25) is 9.79 Å². The van der Waals surface area contributed by atoms with Crippen molar-refractivity contribution in [2.24, 2.45) is 10.1 Å². The maximum atomic E-state index is 12.2. The molecule has 0 fully saturated rings. The van der Waals surface area contributed by atoms with Crippen LogP contribution in [0.15, 0.2) is 64.7 Å². The van der Waals surface area contributed by atoms with Crippen LogP contribution in [0.1, 0.15) is 12.5 Å². The molecule has 0 spiro atoms. The maximum Gasteiger partial charge on any atom is 0.279 e. The Hall–Kier alpha value is -2.95. The average Bonchev–Trinajstić information content (AvgIpc) is 2.49. The number of benzene rings is 2. The maximum absolute atomic E-state index is 12.2. The normalized spacial score (nSPS) is 12.1. The van der Waals surface area contributed by atoms with E-state index in [0.717, 1.165) is 5.56 Å². The second kappa shape index (κ2) is 7.17. The van der Waals surface area contributed by atoms with Crippen molar-refractivity contribution < 1.29 is 10.0 Å². The highest BCUT2D eigenvalue weighted by atomic mass is 16.4. The van der Waals surface area contributed by atoms with Crippen molar-refractivity contribution in [2.45, 2.75) is 13.8 Å². The van der Waals surface area contributed by atoms with Crippen molar-refractivity contribution in [2.75, 3.05) is 5.32 Å². The largest absolute Gasteiger partial charge is 0.410 e. The third-order valence-corrected chi connectivity index (χ3v) is 2.99. The van der Waals surface area contributed by atoms with Gasteiger partial charge in [0.1, 0.15) is 0 Å². The van der Waals surface area contributed by atoms with Gasteiger partial charge in [-0.2, -0.15) is 0 Å². The first kappa shape index (κ1) is 15.4. The minimum absolute atomic E-state index is 0.120. The van der Waals surface area contributed by atoms with Crippen LogP contribution in [0.2, 0.25) is 0 Å². The molecule has 0 unspecified atom stereocenters. The summed E-state index contributed by atoms with van der Waals surface area (Å²) >= 11 is 0.